The largest absolute Gasteiger partial charge is 0.497 e. The van der Waals surface area contributed by atoms with Gasteiger partial charge in [0.2, 0.25) is 0 Å². The minimum Gasteiger partial charge on any atom is -0.497 e. The zero-order chi connectivity index (χ0) is 34.9. The first kappa shape index (κ1) is 32.5. The van der Waals surface area contributed by atoms with Crippen LogP contribution >= 0.6 is 11.3 Å². The molecule has 0 saturated carbocycles. The number of para-hydroxylation sites is 1. The molecule has 0 unspecified atom stereocenters. The molecule has 0 bridgehead atoms. The van der Waals surface area contributed by atoms with E-state index in [2.05, 4.69) is 4.57 Å². The Balaban J connectivity index is 1.45. The normalized spacial score (nSPS) is 14.4. The minimum atomic E-state index is -0.831. The van der Waals surface area contributed by atoms with E-state index < -0.39 is 16.9 Å². The van der Waals surface area contributed by atoms with E-state index in [1.807, 2.05) is 91.9 Å². The van der Waals surface area contributed by atoms with Crippen molar-refractivity contribution in [3.63, 3.8) is 0 Å². The van der Waals surface area contributed by atoms with Gasteiger partial charge in [-0.3, -0.25) is 19.5 Å². The fourth-order valence-electron chi connectivity index (χ4n) is 6.45. The van der Waals surface area contributed by atoms with Gasteiger partial charge in [0.25, 0.3) is 11.2 Å². The molecule has 2 aromatic heterocycles. The molecule has 1 aliphatic rings. The Bertz CT molecular complexity index is 2490. The third kappa shape index (κ3) is 5.81. The Kier molecular flexibility index (Phi) is 8.73. The molecular formula is C39H32N4O6S. The van der Waals surface area contributed by atoms with Crippen LogP contribution in [-0.4, -0.2) is 33.7 Å². The van der Waals surface area contributed by atoms with Gasteiger partial charge in [-0.05, 0) is 49.2 Å². The average Bonchev–Trinajstić information content (AvgIpc) is 3.59. The van der Waals surface area contributed by atoms with E-state index in [1.165, 1.54) is 23.5 Å². The average molecular weight is 685 g/mol. The molecule has 50 heavy (non-hydrogen) atoms. The van der Waals surface area contributed by atoms with E-state index in [-0.39, 0.29) is 23.4 Å². The number of hydrogen-bond donors (Lipinski definition) is 0. The fraction of sp³-hybridized carbons (Fsp3) is 0.154. The van der Waals surface area contributed by atoms with Crippen LogP contribution in [0, 0.1) is 17.0 Å². The molecule has 1 atom stereocenters. The third-order valence-electron chi connectivity index (χ3n) is 8.83. The lowest BCUT2D eigenvalue weighted by atomic mass is 9.93. The predicted molar refractivity (Wildman–Crippen MR) is 193 cm³/mol. The highest BCUT2D eigenvalue weighted by atomic mass is 32.1. The van der Waals surface area contributed by atoms with Crippen molar-refractivity contribution in [2.75, 3.05) is 13.7 Å². The topological polar surface area (TPSA) is 118 Å². The lowest BCUT2D eigenvalue weighted by Crippen LogP contribution is -2.40. The molecule has 10 nitrogen and oxygen atoms in total. The highest BCUT2D eigenvalue weighted by Gasteiger charge is 2.35. The second kappa shape index (κ2) is 13.4. The Morgan fingerprint density at radius 1 is 1.00 bits per heavy atom. The number of nitro benzene ring substituents is 1. The first-order valence-electron chi connectivity index (χ1n) is 16.0. The number of carbonyl (C=O) groups excluding carboxylic acids is 1. The number of nitro groups is 1. The molecule has 0 N–H and O–H groups in total. The number of fused-ring (bicyclic) bond motifs is 2. The number of carbonyl (C=O) groups is 1. The van der Waals surface area contributed by atoms with Crippen molar-refractivity contribution in [3.05, 3.63) is 166 Å². The van der Waals surface area contributed by atoms with Gasteiger partial charge in [-0.1, -0.05) is 84.1 Å². The highest BCUT2D eigenvalue weighted by molar-refractivity contribution is 7.07. The number of esters is 1. The molecule has 3 heterocycles. The van der Waals surface area contributed by atoms with Crippen molar-refractivity contribution in [2.24, 2.45) is 4.99 Å². The molecule has 0 aliphatic carbocycles. The van der Waals surface area contributed by atoms with Crippen molar-refractivity contribution in [2.45, 2.75) is 26.4 Å². The number of rotatable bonds is 9. The summed E-state index contributed by atoms with van der Waals surface area (Å²) in [5, 5.41) is 12.2. The quantitative estimate of drug-likeness (QED) is 0.102. The van der Waals surface area contributed by atoms with Crippen molar-refractivity contribution in [3.8, 4) is 5.75 Å². The summed E-state index contributed by atoms with van der Waals surface area (Å²) in [6.45, 7) is 4.39. The second-order valence-electron chi connectivity index (χ2n) is 11.7. The number of ether oxygens (including phenoxy) is 2. The molecule has 0 saturated heterocycles. The van der Waals surface area contributed by atoms with Crippen LogP contribution in [0.3, 0.4) is 0 Å². The molecule has 7 rings (SSSR count). The first-order valence-corrected chi connectivity index (χ1v) is 16.8. The second-order valence-corrected chi connectivity index (χ2v) is 12.7. The summed E-state index contributed by atoms with van der Waals surface area (Å²) in [4.78, 5) is 44.6. The summed E-state index contributed by atoms with van der Waals surface area (Å²) in [7, 11) is 1.57. The molecule has 0 fully saturated rings. The van der Waals surface area contributed by atoms with Gasteiger partial charge in [0.15, 0.2) is 4.80 Å². The van der Waals surface area contributed by atoms with Gasteiger partial charge in [-0.25, -0.2) is 9.79 Å². The monoisotopic (exact) mass is 684 g/mol. The van der Waals surface area contributed by atoms with Crippen molar-refractivity contribution in [1.29, 1.82) is 0 Å². The van der Waals surface area contributed by atoms with Crippen LogP contribution in [-0.2, 0) is 16.1 Å². The number of benzene rings is 4. The molecule has 0 amide bonds. The molecule has 250 valence electrons. The van der Waals surface area contributed by atoms with Crippen LogP contribution in [0.4, 0.5) is 5.69 Å². The van der Waals surface area contributed by atoms with E-state index >= 15 is 0 Å². The van der Waals surface area contributed by atoms with E-state index in [0.29, 0.717) is 32.9 Å². The summed E-state index contributed by atoms with van der Waals surface area (Å²) >= 11 is 1.26. The van der Waals surface area contributed by atoms with Crippen molar-refractivity contribution >= 4 is 45.7 Å². The van der Waals surface area contributed by atoms with Gasteiger partial charge in [-0.15, -0.1) is 0 Å². The molecule has 0 radical (unpaired) electrons. The maximum absolute atomic E-state index is 14.6. The number of aromatic nitrogens is 2. The fourth-order valence-corrected chi connectivity index (χ4v) is 7.43. The van der Waals surface area contributed by atoms with Gasteiger partial charge in [-0.2, -0.15) is 0 Å². The Hall–Kier alpha value is -6.07. The SMILES string of the molecule is CCOC(=O)C1=C(c2ccccc2)N=c2s/c(=C\c3c(C)n(Cc4ccc([N+](=O)[O-])cc4)c4ccccc34)c(=O)n2[C@@H]1c1cccc(OC)c1. The Morgan fingerprint density at radius 3 is 2.46 bits per heavy atom. The lowest BCUT2D eigenvalue weighted by molar-refractivity contribution is -0.384. The van der Waals surface area contributed by atoms with Gasteiger partial charge in [0.05, 0.1) is 40.5 Å². The number of hydrogen-bond acceptors (Lipinski definition) is 8. The smallest absolute Gasteiger partial charge is 0.338 e. The Labute approximate surface area is 290 Å². The summed E-state index contributed by atoms with van der Waals surface area (Å²) in [5.41, 5.74) is 5.54. The number of non-ortho nitro benzene ring substituents is 1. The summed E-state index contributed by atoms with van der Waals surface area (Å²) in [6.07, 6.45) is 1.90. The van der Waals surface area contributed by atoms with E-state index in [0.717, 1.165) is 33.3 Å². The van der Waals surface area contributed by atoms with Gasteiger partial charge in [0.1, 0.15) is 5.75 Å². The van der Waals surface area contributed by atoms with Crippen LogP contribution in [0.2, 0.25) is 0 Å². The van der Waals surface area contributed by atoms with E-state index in [4.69, 9.17) is 14.5 Å². The van der Waals surface area contributed by atoms with Crippen LogP contribution in [0.1, 0.15) is 40.9 Å². The van der Waals surface area contributed by atoms with Gasteiger partial charge in [0, 0.05) is 46.4 Å². The summed E-state index contributed by atoms with van der Waals surface area (Å²) in [6, 6.07) is 30.4. The van der Waals surface area contributed by atoms with Gasteiger partial charge >= 0.3 is 5.97 Å². The van der Waals surface area contributed by atoms with E-state index in [9.17, 15) is 19.7 Å². The lowest BCUT2D eigenvalue weighted by Gasteiger charge is -2.26. The molecule has 11 heteroatoms. The highest BCUT2D eigenvalue weighted by Crippen LogP contribution is 2.36. The Morgan fingerprint density at radius 2 is 1.74 bits per heavy atom. The zero-order valence-corrected chi connectivity index (χ0v) is 28.3. The van der Waals surface area contributed by atoms with Crippen LogP contribution in [0.15, 0.2) is 118 Å². The van der Waals surface area contributed by atoms with Crippen LogP contribution in [0.5, 0.6) is 5.75 Å². The predicted octanol–water partition coefficient (Wildman–Crippen LogP) is 6.16. The van der Waals surface area contributed by atoms with Crippen molar-refractivity contribution in [1.82, 2.24) is 9.13 Å². The number of nitrogens with zero attached hydrogens (tertiary/aromatic N) is 4. The zero-order valence-electron chi connectivity index (χ0n) is 27.5. The summed E-state index contributed by atoms with van der Waals surface area (Å²) < 4.78 is 15.3. The van der Waals surface area contributed by atoms with Gasteiger partial charge < -0.3 is 14.0 Å². The third-order valence-corrected chi connectivity index (χ3v) is 9.81. The molecule has 1 aliphatic heterocycles. The number of methoxy groups -OCH3 is 1. The maximum Gasteiger partial charge on any atom is 0.338 e. The maximum atomic E-state index is 14.6. The van der Waals surface area contributed by atoms with E-state index in [1.54, 1.807) is 30.7 Å². The van der Waals surface area contributed by atoms with Crippen LogP contribution in [0.25, 0.3) is 22.7 Å². The van der Waals surface area contributed by atoms with Crippen molar-refractivity contribution < 1.29 is 19.2 Å². The minimum absolute atomic E-state index is 0.0349. The number of thiazole rings is 1. The first-order chi connectivity index (χ1) is 24.3. The molecule has 4 aromatic carbocycles. The molecule has 6 aromatic rings. The molecule has 0 spiro atoms. The molecular weight excluding hydrogens is 653 g/mol. The standard InChI is InChI=1S/C39H32N4O6S/c1-4-49-38(45)34-35(26-11-6-5-7-12-26)40-39-42(36(34)27-13-10-14-29(21-27)48-3)37(44)33(50-39)22-31-24(2)41(32-16-9-8-15-30(31)32)23-25-17-19-28(20-18-25)43(46)47/h5-22,36H,4,23H2,1-3H3/b33-22-/t36-/m1/s1. The summed E-state index contributed by atoms with van der Waals surface area (Å²) in [5.74, 6) is 0.0323. The van der Waals surface area contributed by atoms with Crippen LogP contribution < -0.4 is 19.6 Å².